The number of anilines is 1. The third-order valence-electron chi connectivity index (χ3n) is 4.92. The van der Waals surface area contributed by atoms with Crippen molar-refractivity contribution in [3.05, 3.63) is 59.5 Å². The summed E-state index contributed by atoms with van der Waals surface area (Å²) in [5.41, 5.74) is 2.62. The van der Waals surface area contributed by atoms with Crippen LogP contribution in [0.1, 0.15) is 39.2 Å². The van der Waals surface area contributed by atoms with Crippen molar-refractivity contribution in [1.29, 1.82) is 0 Å². The van der Waals surface area contributed by atoms with Crippen molar-refractivity contribution in [2.45, 2.75) is 33.6 Å². The highest BCUT2D eigenvalue weighted by atomic mass is 32.1. The van der Waals surface area contributed by atoms with Crippen molar-refractivity contribution in [2.24, 2.45) is 5.92 Å². The molecule has 0 aliphatic heterocycles. The van der Waals surface area contributed by atoms with Gasteiger partial charge in [-0.2, -0.15) is 0 Å². The molecule has 34 heavy (non-hydrogen) atoms. The SMILES string of the molecule is CCCOc1ccc(-c2csc(NC(=O)/C=C/c3ccc(OCCC(C)C)c(OC)c3)n2)cc1. The molecule has 0 atom stereocenters. The summed E-state index contributed by atoms with van der Waals surface area (Å²) >= 11 is 1.39. The molecule has 0 spiro atoms. The Balaban J connectivity index is 1.57. The molecule has 0 aliphatic rings. The Labute approximate surface area is 205 Å². The topological polar surface area (TPSA) is 69.7 Å². The molecule has 1 amide bonds. The maximum Gasteiger partial charge on any atom is 0.250 e. The van der Waals surface area contributed by atoms with Crippen molar-refractivity contribution >= 4 is 28.5 Å². The number of hydrogen-bond donors (Lipinski definition) is 1. The van der Waals surface area contributed by atoms with Gasteiger partial charge in [0.2, 0.25) is 5.91 Å². The van der Waals surface area contributed by atoms with E-state index in [0.717, 1.165) is 35.4 Å². The monoisotopic (exact) mass is 480 g/mol. The Kier molecular flexibility index (Phi) is 9.52. The van der Waals surface area contributed by atoms with Gasteiger partial charge in [-0.15, -0.1) is 11.3 Å². The molecule has 7 heteroatoms. The van der Waals surface area contributed by atoms with E-state index < -0.39 is 0 Å². The second kappa shape index (κ2) is 12.8. The average molecular weight is 481 g/mol. The molecular weight excluding hydrogens is 448 g/mol. The van der Waals surface area contributed by atoms with Crippen molar-refractivity contribution in [1.82, 2.24) is 4.98 Å². The van der Waals surface area contributed by atoms with Gasteiger partial charge in [-0.05, 0) is 66.8 Å². The van der Waals surface area contributed by atoms with Gasteiger partial charge in [0.05, 0.1) is 26.0 Å². The second-order valence-electron chi connectivity index (χ2n) is 8.17. The van der Waals surface area contributed by atoms with Gasteiger partial charge >= 0.3 is 0 Å². The molecule has 0 radical (unpaired) electrons. The highest BCUT2D eigenvalue weighted by Crippen LogP contribution is 2.29. The number of carbonyl (C=O) groups is 1. The summed E-state index contributed by atoms with van der Waals surface area (Å²) in [4.78, 5) is 16.9. The maximum absolute atomic E-state index is 12.4. The Morgan fingerprint density at radius 1 is 1.09 bits per heavy atom. The van der Waals surface area contributed by atoms with E-state index in [2.05, 4.69) is 31.1 Å². The van der Waals surface area contributed by atoms with Crippen LogP contribution in [-0.2, 0) is 4.79 Å². The summed E-state index contributed by atoms with van der Waals surface area (Å²) in [6.45, 7) is 7.73. The minimum absolute atomic E-state index is 0.250. The first-order valence-corrected chi connectivity index (χ1v) is 12.3. The molecule has 0 fully saturated rings. The van der Waals surface area contributed by atoms with Crippen LogP contribution in [0.5, 0.6) is 17.2 Å². The van der Waals surface area contributed by atoms with E-state index in [-0.39, 0.29) is 5.91 Å². The van der Waals surface area contributed by atoms with Crippen LogP contribution in [-0.4, -0.2) is 31.2 Å². The van der Waals surface area contributed by atoms with Crippen LogP contribution in [0.2, 0.25) is 0 Å². The van der Waals surface area contributed by atoms with Gasteiger partial charge < -0.3 is 14.2 Å². The molecule has 180 valence electrons. The third kappa shape index (κ3) is 7.63. The zero-order chi connectivity index (χ0) is 24.3. The fraction of sp³-hybridized carbons (Fsp3) is 0.333. The van der Waals surface area contributed by atoms with Gasteiger partial charge in [0.1, 0.15) is 5.75 Å². The molecule has 3 aromatic rings. The number of amides is 1. The summed E-state index contributed by atoms with van der Waals surface area (Å²) < 4.78 is 16.9. The summed E-state index contributed by atoms with van der Waals surface area (Å²) in [5.74, 6) is 2.50. The van der Waals surface area contributed by atoms with Gasteiger partial charge in [0, 0.05) is 17.0 Å². The van der Waals surface area contributed by atoms with Crippen LogP contribution in [0.25, 0.3) is 17.3 Å². The number of methoxy groups -OCH3 is 1. The Morgan fingerprint density at radius 3 is 2.59 bits per heavy atom. The number of benzene rings is 2. The number of aromatic nitrogens is 1. The van der Waals surface area contributed by atoms with Crippen LogP contribution in [0.4, 0.5) is 5.13 Å². The van der Waals surface area contributed by atoms with Crippen molar-refractivity contribution in [2.75, 3.05) is 25.6 Å². The largest absolute Gasteiger partial charge is 0.494 e. The zero-order valence-corrected chi connectivity index (χ0v) is 21.0. The number of nitrogens with one attached hydrogen (secondary N) is 1. The third-order valence-corrected chi connectivity index (χ3v) is 5.68. The smallest absolute Gasteiger partial charge is 0.250 e. The van der Waals surface area contributed by atoms with E-state index in [9.17, 15) is 4.79 Å². The first kappa shape index (κ1) is 25.3. The molecule has 0 saturated heterocycles. The molecule has 0 aliphatic carbocycles. The number of ether oxygens (including phenoxy) is 3. The van der Waals surface area contributed by atoms with Gasteiger partial charge in [0.15, 0.2) is 16.6 Å². The fourth-order valence-electron chi connectivity index (χ4n) is 3.04. The summed E-state index contributed by atoms with van der Waals surface area (Å²) in [7, 11) is 1.61. The van der Waals surface area contributed by atoms with Crippen molar-refractivity contribution in [3.8, 4) is 28.5 Å². The van der Waals surface area contributed by atoms with Gasteiger partial charge in [-0.25, -0.2) is 4.98 Å². The lowest BCUT2D eigenvalue weighted by atomic mass is 10.1. The summed E-state index contributed by atoms with van der Waals surface area (Å²) in [5, 5.41) is 5.29. The lowest BCUT2D eigenvalue weighted by Crippen LogP contribution is -2.07. The molecular formula is C27H32N2O4S. The average Bonchev–Trinajstić information content (AvgIpc) is 3.30. The number of hydrogen-bond acceptors (Lipinski definition) is 6. The standard InChI is InChI=1S/C27H32N2O4S/c1-5-15-32-22-10-8-21(9-11-22)23-18-34-27(28-23)29-26(30)13-7-20-6-12-24(25(17-20)31-4)33-16-14-19(2)3/h6-13,17-19H,5,14-16H2,1-4H3,(H,28,29,30)/b13-7+. The summed E-state index contributed by atoms with van der Waals surface area (Å²) in [6, 6.07) is 13.4. The van der Waals surface area contributed by atoms with E-state index in [1.54, 1.807) is 13.2 Å². The minimum atomic E-state index is -0.250. The maximum atomic E-state index is 12.4. The van der Waals surface area contributed by atoms with Crippen LogP contribution < -0.4 is 19.5 Å². The van der Waals surface area contributed by atoms with Crippen LogP contribution in [0.3, 0.4) is 0 Å². The first-order valence-electron chi connectivity index (χ1n) is 11.5. The van der Waals surface area contributed by atoms with Gasteiger partial charge in [-0.3, -0.25) is 10.1 Å². The lowest BCUT2D eigenvalue weighted by molar-refractivity contribution is -0.111. The van der Waals surface area contributed by atoms with Crippen molar-refractivity contribution in [3.63, 3.8) is 0 Å². The van der Waals surface area contributed by atoms with E-state index in [0.29, 0.717) is 35.8 Å². The predicted molar refractivity (Wildman–Crippen MR) is 139 cm³/mol. The first-order chi connectivity index (χ1) is 16.5. The van der Waals surface area contributed by atoms with Crippen LogP contribution >= 0.6 is 11.3 Å². The fourth-order valence-corrected chi connectivity index (χ4v) is 3.76. The number of nitrogens with zero attached hydrogens (tertiary/aromatic N) is 1. The Hall–Kier alpha value is -3.32. The number of rotatable bonds is 12. The molecule has 0 unspecified atom stereocenters. The van der Waals surface area contributed by atoms with Gasteiger partial charge in [0.25, 0.3) is 0 Å². The van der Waals surface area contributed by atoms with E-state index in [1.807, 2.05) is 47.8 Å². The molecule has 1 N–H and O–H groups in total. The molecule has 3 rings (SSSR count). The molecule has 0 bridgehead atoms. The molecule has 0 saturated carbocycles. The molecule has 1 heterocycles. The Bertz CT molecular complexity index is 1090. The van der Waals surface area contributed by atoms with E-state index >= 15 is 0 Å². The second-order valence-corrected chi connectivity index (χ2v) is 9.03. The van der Waals surface area contributed by atoms with Gasteiger partial charge in [-0.1, -0.05) is 26.8 Å². The molecule has 2 aromatic carbocycles. The normalized spacial score (nSPS) is 11.1. The minimum Gasteiger partial charge on any atom is -0.494 e. The van der Waals surface area contributed by atoms with E-state index in [4.69, 9.17) is 14.2 Å². The number of carbonyl (C=O) groups excluding carboxylic acids is 1. The quantitative estimate of drug-likeness (QED) is 0.293. The van der Waals surface area contributed by atoms with Crippen LogP contribution in [0, 0.1) is 5.92 Å². The van der Waals surface area contributed by atoms with Crippen LogP contribution in [0.15, 0.2) is 53.9 Å². The zero-order valence-electron chi connectivity index (χ0n) is 20.2. The highest BCUT2D eigenvalue weighted by molar-refractivity contribution is 7.14. The highest BCUT2D eigenvalue weighted by Gasteiger charge is 2.08. The lowest BCUT2D eigenvalue weighted by Gasteiger charge is -2.12. The van der Waals surface area contributed by atoms with Crippen molar-refractivity contribution < 1.29 is 19.0 Å². The molecule has 1 aromatic heterocycles. The Morgan fingerprint density at radius 2 is 1.88 bits per heavy atom. The van der Waals surface area contributed by atoms with E-state index in [1.165, 1.54) is 17.4 Å². The predicted octanol–water partition coefficient (Wildman–Crippen LogP) is 6.68. The molecule has 6 nitrogen and oxygen atoms in total. The number of thiazole rings is 1. The summed E-state index contributed by atoms with van der Waals surface area (Å²) in [6.07, 6.45) is 5.16.